The number of carboxylic acid groups (broad SMARTS) is 1. The van der Waals surface area contributed by atoms with Gasteiger partial charge in [-0.15, -0.1) is 64.6 Å². The number of halogens is 3. The number of alkyl carbamates (subject to hydrolysis) is 2. The molecule has 3 aromatic carbocycles. The topological polar surface area (TPSA) is 357 Å². The molecule has 6 aromatic heterocycles. The maximum atomic E-state index is 13.1. The second-order valence-corrected chi connectivity index (χ2v) is 34.2. The number of hydrogen-bond donors (Lipinski definition) is 5. The number of hydrogen-bond acceptors (Lipinski definition) is 24. The number of aliphatic imine (C=N–C) groups is 3. The van der Waals surface area contributed by atoms with Crippen molar-refractivity contribution in [3.8, 4) is 15.0 Å². The van der Waals surface area contributed by atoms with Crippen molar-refractivity contribution < 1.29 is 52.8 Å². The second kappa shape index (κ2) is 40.7. The minimum atomic E-state index is -0.926. The molecular formula is C81H101Cl3N16O11S3. The van der Waals surface area contributed by atoms with E-state index in [1.807, 2.05) is 144 Å². The van der Waals surface area contributed by atoms with E-state index in [2.05, 4.69) is 87.3 Å². The van der Waals surface area contributed by atoms with Crippen LogP contribution in [0.4, 0.5) is 9.59 Å². The normalized spacial score (nSPS) is 14.6. The van der Waals surface area contributed by atoms with Crippen LogP contribution in [0, 0.1) is 62.3 Å². The molecule has 3 aliphatic heterocycles. The number of fused-ring (bicyclic) bond motifs is 9. The van der Waals surface area contributed by atoms with Gasteiger partial charge in [0.15, 0.2) is 17.5 Å². The van der Waals surface area contributed by atoms with Gasteiger partial charge in [0, 0.05) is 128 Å². The fraction of sp³-hybridized carbons (Fsp3) is 0.457. The third kappa shape index (κ3) is 23.5. The molecule has 2 amide bonds. The molecule has 0 saturated carbocycles. The molecule has 9 aromatic rings. The molecule has 0 unspecified atom stereocenters. The van der Waals surface area contributed by atoms with Gasteiger partial charge in [0.25, 0.3) is 0 Å². The third-order valence-electron chi connectivity index (χ3n) is 18.1. The first kappa shape index (κ1) is 89.1. The zero-order valence-corrected chi connectivity index (χ0v) is 71.8. The summed E-state index contributed by atoms with van der Waals surface area (Å²) in [6.07, 6.45) is 1.45. The second-order valence-electron chi connectivity index (χ2n) is 29.3. The summed E-state index contributed by atoms with van der Waals surface area (Å²) in [5.74, 6) is 3.46. The van der Waals surface area contributed by atoms with Crippen molar-refractivity contribution in [2.45, 2.75) is 178 Å². The highest BCUT2D eigenvalue weighted by molar-refractivity contribution is 7.15. The maximum absolute atomic E-state index is 13.1. The lowest BCUT2D eigenvalue weighted by Gasteiger charge is -2.19. The number of Topliss-reactive ketones (excluding diaryl/α,β-unsaturated/α-hetero) is 2. The van der Waals surface area contributed by atoms with Crippen molar-refractivity contribution in [2.75, 3.05) is 65.8 Å². The lowest BCUT2D eigenvalue weighted by atomic mass is 9.99. The van der Waals surface area contributed by atoms with Crippen LogP contribution in [-0.4, -0.2) is 173 Å². The van der Waals surface area contributed by atoms with Crippen molar-refractivity contribution in [3.05, 3.63) is 188 Å². The van der Waals surface area contributed by atoms with Crippen molar-refractivity contribution in [2.24, 2.45) is 26.4 Å². The maximum Gasteiger partial charge on any atom is 0.407 e. The Morgan fingerprint density at radius 2 is 0.728 bits per heavy atom. The Hall–Kier alpha value is -8.79. The minimum absolute atomic E-state index is 0.0741. The number of carbonyl (C=O) groups is 5. The van der Waals surface area contributed by atoms with E-state index in [0.717, 1.165) is 94.1 Å². The quantitative estimate of drug-likeness (QED) is 0.0299. The molecule has 9 heterocycles. The van der Waals surface area contributed by atoms with Gasteiger partial charge in [-0.3, -0.25) is 43.1 Å². The van der Waals surface area contributed by atoms with E-state index in [4.69, 9.17) is 84.9 Å². The predicted octanol–water partition coefficient (Wildman–Crippen LogP) is 15.4. The Morgan fingerprint density at radius 3 is 1.02 bits per heavy atom. The van der Waals surface area contributed by atoms with Crippen LogP contribution in [0.3, 0.4) is 0 Å². The number of aliphatic carboxylic acids is 1. The number of carbonyl (C=O) groups excluding carboxylic acids is 4. The number of ether oxygens (including phenoxy) is 5. The highest BCUT2D eigenvalue weighted by atomic mass is 35.5. The molecule has 3 atom stereocenters. The van der Waals surface area contributed by atoms with Crippen LogP contribution in [0.5, 0.6) is 0 Å². The first-order valence-electron chi connectivity index (χ1n) is 37.6. The highest BCUT2D eigenvalue weighted by Crippen LogP contribution is 2.44. The fourth-order valence-electron chi connectivity index (χ4n) is 12.5. The number of carboxylic acids is 1. The zero-order chi connectivity index (χ0) is 82.9. The molecule has 0 radical (unpaired) electrons. The van der Waals surface area contributed by atoms with Crippen molar-refractivity contribution in [1.82, 2.24) is 54.9 Å². The zero-order valence-electron chi connectivity index (χ0n) is 67.1. The van der Waals surface area contributed by atoms with Crippen LogP contribution in [0.15, 0.2) is 87.8 Å². The average Bonchev–Trinajstić information content (AvgIpc) is 1.60. The molecule has 7 N–H and O–H groups in total. The third-order valence-corrected chi connectivity index (χ3v) is 22.5. The minimum Gasteiger partial charge on any atom is -0.481 e. The van der Waals surface area contributed by atoms with Gasteiger partial charge >= 0.3 is 18.2 Å². The Labute approximate surface area is 691 Å². The van der Waals surface area contributed by atoms with E-state index in [-0.39, 0.29) is 30.8 Å². The Bertz CT molecular complexity index is 4950. The number of aryl methyl sites for hydroxylation is 6. The van der Waals surface area contributed by atoms with Gasteiger partial charge in [-0.25, -0.2) is 9.59 Å². The van der Waals surface area contributed by atoms with E-state index in [9.17, 15) is 29.1 Å². The number of nitrogens with zero attached hydrogens (tertiary/aromatic N) is 12. The van der Waals surface area contributed by atoms with E-state index in [1.165, 1.54) is 20.2 Å². The summed E-state index contributed by atoms with van der Waals surface area (Å²) in [5.41, 5.74) is 21.5. The van der Waals surface area contributed by atoms with Crippen molar-refractivity contribution in [1.29, 1.82) is 0 Å². The van der Waals surface area contributed by atoms with Crippen LogP contribution in [0.25, 0.3) is 15.0 Å². The van der Waals surface area contributed by atoms with E-state index in [1.54, 1.807) is 34.0 Å². The Balaban J connectivity index is 0.000000183. The molecule has 0 fully saturated rings. The van der Waals surface area contributed by atoms with Crippen LogP contribution in [0.2, 0.25) is 15.1 Å². The monoisotopic (exact) mass is 1670 g/mol. The lowest BCUT2D eigenvalue weighted by molar-refractivity contribution is -0.137. The number of rotatable bonds is 27. The van der Waals surface area contributed by atoms with E-state index in [0.29, 0.717) is 124 Å². The lowest BCUT2D eigenvalue weighted by Crippen LogP contribution is -2.34. The summed E-state index contributed by atoms with van der Waals surface area (Å²) >= 11 is 23.4. The Morgan fingerprint density at radius 1 is 0.439 bits per heavy atom. The molecular weight excluding hydrogens is 1580 g/mol. The molecule has 114 heavy (non-hydrogen) atoms. The van der Waals surface area contributed by atoms with Gasteiger partial charge in [0.1, 0.15) is 73.4 Å². The molecule has 12 rings (SSSR count). The van der Waals surface area contributed by atoms with Crippen LogP contribution >= 0.6 is 68.8 Å². The van der Waals surface area contributed by atoms with Gasteiger partial charge in [0.05, 0.1) is 50.0 Å². The molecule has 0 saturated heterocycles. The van der Waals surface area contributed by atoms with Gasteiger partial charge in [-0.2, -0.15) is 0 Å². The number of aromatic nitrogens is 9. The molecule has 33 heteroatoms. The van der Waals surface area contributed by atoms with Crippen LogP contribution in [-0.2, 0) is 38.1 Å². The van der Waals surface area contributed by atoms with Crippen molar-refractivity contribution >= 4 is 116 Å². The van der Waals surface area contributed by atoms with Crippen LogP contribution < -0.4 is 22.1 Å². The highest BCUT2D eigenvalue weighted by Gasteiger charge is 2.36. The van der Waals surface area contributed by atoms with E-state index < -0.39 is 47.5 Å². The first-order chi connectivity index (χ1) is 54.2. The SMILES string of the molecule is CC(C)(C)OC(=O)NCCOCCN.Cc1sc2c(c1C)C(c1ccc(Cl)cc1)=N[C@@H](CC(=O)CCCOCCN)c1nnc(C)n1-2.Cc1sc2c(c1C)C(c1ccc(Cl)cc1)=N[C@@H](CC(=O)CCCOCCNC(=O)OC(C)(C)C)c1nnc(C)n1-2.Cc1sc2c(c1C)C(c1ccc(Cl)cc1)=N[C@@H](CC(=O)O)c1nnc(C)n1-2. The molecule has 3 aliphatic rings. The average molecular weight is 1680 g/mol. The first-order valence-corrected chi connectivity index (χ1v) is 41.2. The van der Waals surface area contributed by atoms with Gasteiger partial charge in [0.2, 0.25) is 0 Å². The number of nitrogens with two attached hydrogens (primary N) is 2. The fourth-order valence-corrected chi connectivity index (χ4v) is 16.5. The van der Waals surface area contributed by atoms with Gasteiger partial charge in [-0.1, -0.05) is 71.2 Å². The molecule has 610 valence electrons. The smallest absolute Gasteiger partial charge is 0.407 e. The van der Waals surface area contributed by atoms with Gasteiger partial charge < -0.3 is 50.9 Å². The molecule has 0 bridgehead atoms. The number of nitrogens with one attached hydrogen (secondary N) is 2. The molecule has 0 aliphatic carbocycles. The van der Waals surface area contributed by atoms with Crippen molar-refractivity contribution in [3.63, 3.8) is 0 Å². The number of thiophene rings is 3. The summed E-state index contributed by atoms with van der Waals surface area (Å²) in [6, 6.07) is 21.3. The van der Waals surface area contributed by atoms with Gasteiger partial charge in [-0.05, 0) is 170 Å². The standard InChI is InChI=1S/C29H36ClN5O4S.C24H28ClN5O2S.C19H17ClN4O2S.C9H20N2O3/c1-17-18(2)40-27-24(17)25(20-9-11-21(30)12-10-20)32-23(26-34-33-19(3)35(26)27)16-22(36)8-7-14-38-15-13-31-28(37)39-29(4,5)6;1-14-15(2)33-24-21(14)22(17-6-8-18(25)9-7-17)27-20(23-29-28-16(3)30(23)24)13-19(31)5-4-11-32-12-10-26;1-9-10(2)27-19-16(9)17(12-4-6-13(20)7-5-12)21-14(8-15(25)26)18-23-22-11(3)24(18)19;1-9(2,3)14-8(12)11-5-7-13-6-4-10/h9-12,23H,7-8,13-16H2,1-6H3,(H,31,37);6-9,20H,4-5,10-13,26H2,1-3H3;4-7,14H,8H2,1-3H3,(H,25,26);4-7,10H2,1-3H3,(H,11,12)/t23-;20-;14-;/m000./s1. The summed E-state index contributed by atoms with van der Waals surface area (Å²) < 4.78 is 32.3. The summed E-state index contributed by atoms with van der Waals surface area (Å²) in [5, 5.41) is 45.7. The largest absolute Gasteiger partial charge is 0.481 e. The Kier molecular flexibility index (Phi) is 31.8. The summed E-state index contributed by atoms with van der Waals surface area (Å²) in [6.45, 7) is 33.7. The number of amides is 2. The van der Waals surface area contributed by atoms with Crippen LogP contribution in [0.1, 0.15) is 204 Å². The summed E-state index contributed by atoms with van der Waals surface area (Å²) in [7, 11) is 0. The van der Waals surface area contributed by atoms with E-state index >= 15 is 0 Å². The predicted molar refractivity (Wildman–Crippen MR) is 449 cm³/mol. The molecule has 27 nitrogen and oxygen atoms in total. The number of ketones is 2. The summed E-state index contributed by atoms with van der Waals surface area (Å²) in [4.78, 5) is 79.0. The molecule has 0 spiro atoms. The number of benzene rings is 3.